The maximum atomic E-state index is 13.0. The van der Waals surface area contributed by atoms with Gasteiger partial charge in [-0.25, -0.2) is 0 Å². The van der Waals surface area contributed by atoms with E-state index in [1.165, 1.54) is 7.11 Å². The zero-order valence-corrected chi connectivity index (χ0v) is 15.3. The number of benzene rings is 3. The van der Waals surface area contributed by atoms with E-state index in [0.717, 1.165) is 11.1 Å². The van der Waals surface area contributed by atoms with Crippen LogP contribution in [0.3, 0.4) is 0 Å². The number of hydrogen-bond acceptors (Lipinski definition) is 5. The minimum Gasteiger partial charge on any atom is -0.496 e. The molecule has 3 aromatic carbocycles. The second kappa shape index (κ2) is 7.56. The molecule has 0 unspecified atom stereocenters. The normalized spacial score (nSPS) is 12.3. The molecule has 1 heterocycles. The maximum Gasteiger partial charge on any atom is 0.318 e. The van der Waals surface area contributed by atoms with Crippen LogP contribution in [0.4, 0.5) is 0 Å². The molecule has 0 saturated carbocycles. The Hall–Kier alpha value is -3.60. The minimum atomic E-state index is -0.647. The summed E-state index contributed by atoms with van der Waals surface area (Å²) in [6.45, 7) is -0.360. The largest absolute Gasteiger partial charge is 0.496 e. The quantitative estimate of drug-likeness (QED) is 0.491. The number of carbonyl (C=O) groups is 2. The number of ether oxygens (including phenoxy) is 3. The summed E-state index contributed by atoms with van der Waals surface area (Å²) in [5, 5.41) is 0. The van der Waals surface area contributed by atoms with E-state index in [1.54, 1.807) is 24.3 Å². The van der Waals surface area contributed by atoms with Gasteiger partial charge in [0.1, 0.15) is 23.2 Å². The highest BCUT2D eigenvalue weighted by molar-refractivity contribution is 6.00. The van der Waals surface area contributed by atoms with Crippen LogP contribution >= 0.6 is 0 Å². The van der Waals surface area contributed by atoms with E-state index < -0.39 is 11.9 Å². The Morgan fingerprint density at radius 2 is 1.43 bits per heavy atom. The smallest absolute Gasteiger partial charge is 0.318 e. The minimum absolute atomic E-state index is 0.320. The van der Waals surface area contributed by atoms with Crippen molar-refractivity contribution in [1.82, 2.24) is 0 Å². The monoisotopic (exact) mass is 374 g/mol. The molecule has 0 radical (unpaired) electrons. The number of carbonyl (C=O) groups excluding carboxylic acids is 2. The molecule has 4 rings (SSSR count). The predicted octanol–water partition coefficient (Wildman–Crippen LogP) is 4.36. The molecule has 1 aliphatic heterocycles. The van der Waals surface area contributed by atoms with E-state index in [4.69, 9.17) is 14.2 Å². The summed E-state index contributed by atoms with van der Waals surface area (Å²) in [6, 6.07) is 21.5. The molecule has 0 aromatic heterocycles. The number of rotatable bonds is 5. The highest BCUT2D eigenvalue weighted by Crippen LogP contribution is 2.44. The maximum absolute atomic E-state index is 13.0. The first kappa shape index (κ1) is 17.8. The first-order valence-electron chi connectivity index (χ1n) is 8.87. The van der Waals surface area contributed by atoms with E-state index in [-0.39, 0.29) is 12.4 Å². The van der Waals surface area contributed by atoms with Crippen LogP contribution in [0.5, 0.6) is 17.2 Å². The van der Waals surface area contributed by atoms with Crippen molar-refractivity contribution in [2.45, 2.75) is 5.92 Å². The summed E-state index contributed by atoms with van der Waals surface area (Å²) in [5.41, 5.74) is 1.82. The third-order valence-electron chi connectivity index (χ3n) is 4.67. The molecule has 0 aliphatic carbocycles. The summed E-state index contributed by atoms with van der Waals surface area (Å²) in [5.74, 6) is 0.209. The molecule has 3 aromatic rings. The van der Waals surface area contributed by atoms with Crippen LogP contribution in [0.1, 0.15) is 27.4 Å². The van der Waals surface area contributed by atoms with Crippen LogP contribution < -0.4 is 9.47 Å². The van der Waals surface area contributed by atoms with Gasteiger partial charge in [-0.2, -0.15) is 0 Å². The molecule has 28 heavy (non-hydrogen) atoms. The van der Waals surface area contributed by atoms with E-state index in [9.17, 15) is 9.59 Å². The Morgan fingerprint density at radius 1 is 0.857 bits per heavy atom. The van der Waals surface area contributed by atoms with E-state index in [0.29, 0.717) is 22.8 Å². The standard InChI is InChI=1S/C23H18O5/c1-26-19-11-5-2-8-15(19)18(24)14-27-23(25)22-16-9-3-6-12-20(16)28-21-13-7-4-10-17(21)22/h2-13,22H,14H2,1H3. The van der Waals surface area contributed by atoms with Gasteiger partial charge in [-0.3, -0.25) is 9.59 Å². The fourth-order valence-corrected chi connectivity index (χ4v) is 3.34. The SMILES string of the molecule is COc1ccccc1C(=O)COC(=O)C1c2ccccc2Oc2ccccc21. The van der Waals surface area contributed by atoms with Crippen molar-refractivity contribution in [1.29, 1.82) is 0 Å². The van der Waals surface area contributed by atoms with Crippen molar-refractivity contribution in [3.05, 3.63) is 89.5 Å². The summed E-state index contributed by atoms with van der Waals surface area (Å²) in [7, 11) is 1.49. The van der Waals surface area contributed by atoms with Gasteiger partial charge >= 0.3 is 5.97 Å². The van der Waals surface area contributed by atoms with Gasteiger partial charge in [0.25, 0.3) is 0 Å². The average molecular weight is 374 g/mol. The van der Waals surface area contributed by atoms with Crippen molar-refractivity contribution in [3.63, 3.8) is 0 Å². The van der Waals surface area contributed by atoms with Crippen molar-refractivity contribution in [3.8, 4) is 17.2 Å². The number of methoxy groups -OCH3 is 1. The predicted molar refractivity (Wildman–Crippen MR) is 103 cm³/mol. The van der Waals surface area contributed by atoms with Crippen molar-refractivity contribution >= 4 is 11.8 Å². The Balaban J connectivity index is 1.58. The lowest BCUT2D eigenvalue weighted by atomic mass is 9.88. The lowest BCUT2D eigenvalue weighted by Crippen LogP contribution is -2.23. The highest BCUT2D eigenvalue weighted by Gasteiger charge is 2.34. The second-order valence-electron chi connectivity index (χ2n) is 6.34. The molecule has 5 nitrogen and oxygen atoms in total. The summed E-state index contributed by atoms with van der Waals surface area (Å²) >= 11 is 0. The van der Waals surface area contributed by atoms with Crippen molar-refractivity contribution < 1.29 is 23.8 Å². The van der Waals surface area contributed by atoms with Gasteiger partial charge in [-0.15, -0.1) is 0 Å². The van der Waals surface area contributed by atoms with Crippen molar-refractivity contribution in [2.75, 3.05) is 13.7 Å². The zero-order chi connectivity index (χ0) is 19.5. The molecule has 5 heteroatoms. The molecule has 140 valence electrons. The molecule has 0 saturated heterocycles. The molecule has 0 fully saturated rings. The fraction of sp³-hybridized carbons (Fsp3) is 0.130. The number of para-hydroxylation sites is 3. The van der Waals surface area contributed by atoms with Crippen LogP contribution in [0.15, 0.2) is 72.8 Å². The van der Waals surface area contributed by atoms with Gasteiger partial charge in [-0.1, -0.05) is 48.5 Å². The Kier molecular flexibility index (Phi) is 4.81. The Morgan fingerprint density at radius 3 is 2.07 bits per heavy atom. The first-order chi connectivity index (χ1) is 13.7. The van der Waals surface area contributed by atoms with Crippen LogP contribution in [-0.2, 0) is 9.53 Å². The van der Waals surface area contributed by atoms with Gasteiger partial charge in [0.05, 0.1) is 12.7 Å². The number of esters is 1. The Bertz CT molecular complexity index is 995. The molecule has 1 aliphatic rings. The number of ketones is 1. The average Bonchev–Trinajstić information content (AvgIpc) is 2.75. The van der Waals surface area contributed by atoms with Gasteiger partial charge in [-0.05, 0) is 24.3 Å². The van der Waals surface area contributed by atoms with Crippen molar-refractivity contribution in [2.24, 2.45) is 0 Å². The summed E-state index contributed by atoms with van der Waals surface area (Å²) in [4.78, 5) is 25.5. The van der Waals surface area contributed by atoms with Gasteiger partial charge < -0.3 is 14.2 Å². The van der Waals surface area contributed by atoms with E-state index in [1.807, 2.05) is 48.5 Å². The van der Waals surface area contributed by atoms with E-state index in [2.05, 4.69) is 0 Å². The molecular formula is C23H18O5. The topological polar surface area (TPSA) is 61.8 Å². The van der Waals surface area contributed by atoms with Crippen LogP contribution in [0.2, 0.25) is 0 Å². The first-order valence-corrected chi connectivity index (χ1v) is 8.87. The lowest BCUT2D eigenvalue weighted by molar-refractivity contribution is -0.143. The number of fused-ring (bicyclic) bond motifs is 2. The molecule has 0 amide bonds. The second-order valence-corrected chi connectivity index (χ2v) is 6.34. The van der Waals surface area contributed by atoms with Crippen LogP contribution in [-0.4, -0.2) is 25.5 Å². The lowest BCUT2D eigenvalue weighted by Gasteiger charge is -2.26. The van der Waals surface area contributed by atoms with Crippen LogP contribution in [0.25, 0.3) is 0 Å². The highest BCUT2D eigenvalue weighted by atomic mass is 16.5. The van der Waals surface area contributed by atoms with Gasteiger partial charge in [0, 0.05) is 11.1 Å². The Labute approximate surface area is 162 Å². The molecule has 0 N–H and O–H groups in total. The molecular weight excluding hydrogens is 356 g/mol. The third kappa shape index (κ3) is 3.22. The van der Waals surface area contributed by atoms with Gasteiger partial charge in [0.15, 0.2) is 6.61 Å². The summed E-state index contributed by atoms with van der Waals surface area (Å²) in [6.07, 6.45) is 0. The zero-order valence-electron chi connectivity index (χ0n) is 15.3. The molecule has 0 atom stereocenters. The fourth-order valence-electron chi connectivity index (χ4n) is 3.34. The van der Waals surface area contributed by atoms with E-state index >= 15 is 0 Å². The number of Topliss-reactive ketones (excluding diaryl/α,β-unsaturated/α-hetero) is 1. The van der Waals surface area contributed by atoms with Gasteiger partial charge in [0.2, 0.25) is 5.78 Å². The molecule has 0 bridgehead atoms. The number of hydrogen-bond donors (Lipinski definition) is 0. The third-order valence-corrected chi connectivity index (χ3v) is 4.67. The molecule has 0 spiro atoms. The summed E-state index contributed by atoms with van der Waals surface area (Å²) < 4.78 is 16.5. The van der Waals surface area contributed by atoms with Crippen LogP contribution in [0, 0.1) is 0 Å².